The minimum atomic E-state index is -0.366. The van der Waals surface area contributed by atoms with Crippen molar-refractivity contribution in [3.8, 4) is 11.1 Å². The van der Waals surface area contributed by atoms with Crippen LogP contribution in [0.4, 0.5) is 4.79 Å². The fourth-order valence-electron chi connectivity index (χ4n) is 4.22. The summed E-state index contributed by atoms with van der Waals surface area (Å²) < 4.78 is 2.11. The number of nitrogens with one attached hydrogen (secondary N) is 1. The van der Waals surface area contributed by atoms with E-state index in [-0.39, 0.29) is 11.9 Å². The van der Waals surface area contributed by atoms with Gasteiger partial charge in [-0.1, -0.05) is 6.92 Å². The maximum atomic E-state index is 12.5. The van der Waals surface area contributed by atoms with E-state index in [0.29, 0.717) is 12.2 Å². The lowest BCUT2D eigenvalue weighted by atomic mass is 9.96. The number of aromatic nitrogens is 1. The highest BCUT2D eigenvalue weighted by Gasteiger charge is 2.33. The van der Waals surface area contributed by atoms with Gasteiger partial charge in [-0.25, -0.2) is 4.79 Å². The second-order valence-electron chi connectivity index (χ2n) is 7.61. The van der Waals surface area contributed by atoms with Gasteiger partial charge >= 0.3 is 6.03 Å². The van der Waals surface area contributed by atoms with Gasteiger partial charge < -0.3 is 9.88 Å². The van der Waals surface area contributed by atoms with Gasteiger partial charge in [0.05, 0.1) is 5.56 Å². The van der Waals surface area contributed by atoms with E-state index in [1.807, 2.05) is 26.8 Å². The Labute approximate surface area is 174 Å². The molecule has 1 N–H and O–H groups in total. The number of aryl methyl sites for hydroxylation is 2. The predicted octanol–water partition coefficient (Wildman–Crippen LogP) is 4.21. The highest BCUT2D eigenvalue weighted by atomic mass is 32.1. The van der Waals surface area contributed by atoms with E-state index in [1.54, 1.807) is 17.4 Å². The molecule has 29 heavy (non-hydrogen) atoms. The predicted molar refractivity (Wildman–Crippen MR) is 113 cm³/mol. The number of urea groups is 1. The third kappa shape index (κ3) is 3.18. The van der Waals surface area contributed by atoms with E-state index in [4.69, 9.17) is 0 Å². The first-order chi connectivity index (χ1) is 14.0. The van der Waals surface area contributed by atoms with Crippen LogP contribution in [0.15, 0.2) is 11.8 Å². The van der Waals surface area contributed by atoms with Crippen molar-refractivity contribution in [3.05, 3.63) is 44.7 Å². The van der Waals surface area contributed by atoms with E-state index >= 15 is 0 Å². The highest BCUT2D eigenvalue weighted by molar-refractivity contribution is 7.15. The van der Waals surface area contributed by atoms with Crippen LogP contribution >= 0.6 is 11.3 Å². The van der Waals surface area contributed by atoms with Crippen LogP contribution in [0, 0.1) is 25.2 Å². The number of hydrogen-bond donors (Lipinski definition) is 1. The van der Waals surface area contributed by atoms with Crippen molar-refractivity contribution in [1.82, 2.24) is 14.8 Å². The topological polar surface area (TPSA) is 78.1 Å². The van der Waals surface area contributed by atoms with Crippen LogP contribution in [0.5, 0.6) is 0 Å². The Morgan fingerprint density at radius 2 is 2.03 bits per heavy atom. The molecule has 1 aliphatic carbocycles. The molecule has 1 aliphatic heterocycles. The molecule has 0 radical (unpaired) electrons. The zero-order valence-electron chi connectivity index (χ0n) is 17.0. The molecular weight excluding hydrogens is 384 g/mol. The molecule has 0 unspecified atom stereocenters. The molecule has 3 amide bonds. The number of carbonyl (C=O) groups is 2. The molecule has 2 aromatic rings. The van der Waals surface area contributed by atoms with Crippen LogP contribution in [0.25, 0.3) is 11.1 Å². The van der Waals surface area contributed by atoms with E-state index < -0.39 is 0 Å². The van der Waals surface area contributed by atoms with Crippen molar-refractivity contribution in [3.63, 3.8) is 0 Å². The van der Waals surface area contributed by atoms with Gasteiger partial charge in [0.1, 0.15) is 16.8 Å². The molecule has 0 aromatic carbocycles. The van der Waals surface area contributed by atoms with Gasteiger partial charge in [-0.3, -0.25) is 9.69 Å². The Hall–Kier alpha value is -2.85. The Morgan fingerprint density at radius 1 is 1.28 bits per heavy atom. The first-order valence-electron chi connectivity index (χ1n) is 10.0. The smallest absolute Gasteiger partial charge is 0.308 e. The van der Waals surface area contributed by atoms with Crippen molar-refractivity contribution in [2.75, 3.05) is 6.54 Å². The van der Waals surface area contributed by atoms with Crippen LogP contribution in [-0.4, -0.2) is 28.0 Å². The van der Waals surface area contributed by atoms with Gasteiger partial charge in [0.25, 0.3) is 5.91 Å². The molecular formula is C22H24N4O2S. The lowest BCUT2D eigenvalue weighted by molar-refractivity contribution is -0.122. The molecule has 3 heterocycles. The van der Waals surface area contributed by atoms with E-state index in [9.17, 15) is 14.9 Å². The molecule has 150 valence electrons. The standard InChI is InChI=1S/C22H24N4O2S/c1-4-9-25-20(27)18(24-22(25)28)11-15-10-13(2)26(14(15)3)21-17(12-23)16-7-5-6-8-19(16)29-21/h10-11H,4-9H2,1-3H3,(H,24,28)/b18-11+. The third-order valence-electron chi connectivity index (χ3n) is 5.65. The largest absolute Gasteiger partial charge is 0.329 e. The summed E-state index contributed by atoms with van der Waals surface area (Å²) in [6.45, 7) is 6.34. The van der Waals surface area contributed by atoms with Crippen LogP contribution in [0.1, 0.15) is 59.1 Å². The van der Waals surface area contributed by atoms with E-state index in [1.165, 1.54) is 21.8 Å². The van der Waals surface area contributed by atoms with Crippen LogP contribution in [0.2, 0.25) is 0 Å². The Kier molecular flexibility index (Phi) is 5.05. The van der Waals surface area contributed by atoms with Crippen LogP contribution < -0.4 is 5.32 Å². The maximum absolute atomic E-state index is 12.5. The van der Waals surface area contributed by atoms with Crippen molar-refractivity contribution >= 4 is 29.4 Å². The first-order valence-corrected chi connectivity index (χ1v) is 10.9. The monoisotopic (exact) mass is 408 g/mol. The Balaban J connectivity index is 1.76. The number of fused-ring (bicyclic) bond motifs is 1. The highest BCUT2D eigenvalue weighted by Crippen LogP contribution is 2.38. The SMILES string of the molecule is CCCN1C(=O)N/C(=C/c2cc(C)n(-c3sc4c(c3C#N)CCCC4)c2C)C1=O. The normalized spacial score (nSPS) is 17.6. The molecule has 0 spiro atoms. The molecule has 0 bridgehead atoms. The van der Waals surface area contributed by atoms with Gasteiger partial charge in [-0.2, -0.15) is 5.26 Å². The molecule has 1 fully saturated rings. The van der Waals surface area contributed by atoms with Gasteiger partial charge in [0.15, 0.2) is 0 Å². The molecule has 0 atom stereocenters. The summed E-state index contributed by atoms with van der Waals surface area (Å²) in [5, 5.41) is 13.5. The minimum Gasteiger partial charge on any atom is -0.308 e. The van der Waals surface area contributed by atoms with Crippen molar-refractivity contribution in [2.45, 2.75) is 52.9 Å². The number of thiophene rings is 1. The summed E-state index contributed by atoms with van der Waals surface area (Å²) in [7, 11) is 0. The molecule has 1 saturated heterocycles. The average Bonchev–Trinajstić information content (AvgIpc) is 3.29. The third-order valence-corrected chi connectivity index (χ3v) is 6.92. The number of nitrogens with zero attached hydrogens (tertiary/aromatic N) is 3. The van der Waals surface area contributed by atoms with E-state index in [0.717, 1.165) is 53.2 Å². The summed E-state index contributed by atoms with van der Waals surface area (Å²) in [5.74, 6) is -0.286. The van der Waals surface area contributed by atoms with Crippen molar-refractivity contribution < 1.29 is 9.59 Å². The summed E-state index contributed by atoms with van der Waals surface area (Å²) in [6.07, 6.45) is 6.79. The minimum absolute atomic E-state index is 0.286. The van der Waals surface area contributed by atoms with Crippen LogP contribution in [0.3, 0.4) is 0 Å². The summed E-state index contributed by atoms with van der Waals surface area (Å²) in [5.41, 5.74) is 5.13. The summed E-state index contributed by atoms with van der Waals surface area (Å²) in [4.78, 5) is 27.2. The average molecular weight is 409 g/mol. The van der Waals surface area contributed by atoms with Gasteiger partial charge in [0, 0.05) is 22.8 Å². The Morgan fingerprint density at radius 3 is 2.76 bits per heavy atom. The quantitative estimate of drug-likeness (QED) is 0.608. The number of amides is 3. The number of rotatable bonds is 4. The van der Waals surface area contributed by atoms with Crippen molar-refractivity contribution in [1.29, 1.82) is 5.26 Å². The number of imide groups is 1. The molecule has 7 heteroatoms. The second kappa shape index (κ2) is 7.53. The fraction of sp³-hybridized carbons (Fsp3) is 0.409. The molecule has 6 nitrogen and oxygen atoms in total. The zero-order valence-corrected chi connectivity index (χ0v) is 17.8. The van der Waals surface area contributed by atoms with Crippen LogP contribution in [-0.2, 0) is 17.6 Å². The molecule has 0 saturated carbocycles. The first kappa shape index (κ1) is 19.5. The lowest BCUT2D eigenvalue weighted by Gasteiger charge is -2.10. The van der Waals surface area contributed by atoms with Gasteiger partial charge in [-0.15, -0.1) is 11.3 Å². The molecule has 2 aliphatic rings. The van der Waals surface area contributed by atoms with Crippen molar-refractivity contribution in [2.24, 2.45) is 0 Å². The lowest BCUT2D eigenvalue weighted by Crippen LogP contribution is -2.31. The number of carbonyl (C=O) groups excluding carboxylic acids is 2. The summed E-state index contributed by atoms with van der Waals surface area (Å²) in [6, 6.07) is 4.07. The Bertz CT molecular complexity index is 1080. The second-order valence-corrected chi connectivity index (χ2v) is 8.69. The fourth-order valence-corrected chi connectivity index (χ4v) is 5.67. The zero-order chi connectivity index (χ0) is 20.7. The maximum Gasteiger partial charge on any atom is 0.329 e. The summed E-state index contributed by atoms with van der Waals surface area (Å²) >= 11 is 1.71. The molecule has 2 aromatic heterocycles. The van der Waals surface area contributed by atoms with Gasteiger partial charge in [0.2, 0.25) is 0 Å². The number of hydrogen-bond acceptors (Lipinski definition) is 4. The molecule has 4 rings (SSSR count). The number of nitriles is 1. The van der Waals surface area contributed by atoms with Gasteiger partial charge in [-0.05, 0) is 69.2 Å². The van der Waals surface area contributed by atoms with E-state index in [2.05, 4.69) is 16.0 Å².